The van der Waals surface area contributed by atoms with Crippen LogP contribution in [0, 0.1) is 0 Å². The predicted molar refractivity (Wildman–Crippen MR) is 114 cm³/mol. The monoisotopic (exact) mass is 391 g/mol. The van der Waals surface area contributed by atoms with Gasteiger partial charge in [0.25, 0.3) is 0 Å². The molecule has 2 N–H and O–H groups in total. The Bertz CT molecular complexity index is 559. The second-order valence-electron chi connectivity index (χ2n) is 7.32. The van der Waals surface area contributed by atoms with E-state index < -0.39 is 5.97 Å². The first-order valence-electron chi connectivity index (χ1n) is 10.9. The topological polar surface area (TPSA) is 75.6 Å². The quantitative estimate of drug-likeness (QED) is 0.311. The van der Waals surface area contributed by atoms with Gasteiger partial charge in [0.2, 0.25) is 5.91 Å². The Kier molecular flexibility index (Phi) is 13.7. The summed E-state index contributed by atoms with van der Waals surface area (Å²) < 4.78 is 5.75. The third kappa shape index (κ3) is 12.4. The highest BCUT2D eigenvalue weighted by atomic mass is 16.5. The minimum atomic E-state index is -0.698. The van der Waals surface area contributed by atoms with Crippen molar-refractivity contribution >= 4 is 17.6 Å². The maximum absolute atomic E-state index is 12.2. The zero-order valence-corrected chi connectivity index (χ0v) is 17.4. The number of unbranched alkanes of at least 4 members (excludes halogenated alkanes) is 9. The number of ether oxygens (including phenoxy) is 1. The fraction of sp³-hybridized carbons (Fsp3) is 0.652. The minimum absolute atomic E-state index is 0.0463. The molecule has 0 atom stereocenters. The molecule has 5 heteroatoms. The van der Waals surface area contributed by atoms with E-state index >= 15 is 0 Å². The number of anilines is 1. The lowest BCUT2D eigenvalue weighted by atomic mass is 10.1. The molecular weight excluding hydrogens is 354 g/mol. The van der Waals surface area contributed by atoms with Gasteiger partial charge in [-0.1, -0.05) is 70.4 Å². The Balaban J connectivity index is 2.06. The van der Waals surface area contributed by atoms with Crippen molar-refractivity contribution in [2.45, 2.75) is 90.4 Å². The van der Waals surface area contributed by atoms with E-state index in [1.165, 1.54) is 19.3 Å². The number of hydrogen-bond acceptors (Lipinski definition) is 3. The average molecular weight is 392 g/mol. The number of rotatable bonds is 17. The lowest BCUT2D eigenvalue weighted by molar-refractivity contribution is -0.137. The smallest absolute Gasteiger partial charge is 0.303 e. The van der Waals surface area contributed by atoms with Crippen LogP contribution in [0.5, 0.6) is 5.75 Å². The zero-order chi connectivity index (χ0) is 20.5. The maximum atomic E-state index is 12.2. The fourth-order valence-electron chi connectivity index (χ4n) is 3.03. The van der Waals surface area contributed by atoms with Gasteiger partial charge < -0.3 is 15.2 Å². The Morgan fingerprint density at radius 3 is 2.04 bits per heavy atom. The summed E-state index contributed by atoms with van der Waals surface area (Å²) in [5.74, 6) is 0.0918. The van der Waals surface area contributed by atoms with Crippen LogP contribution in [0.2, 0.25) is 0 Å². The van der Waals surface area contributed by atoms with Gasteiger partial charge in [-0.05, 0) is 31.4 Å². The van der Waals surface area contributed by atoms with E-state index in [-0.39, 0.29) is 12.3 Å². The van der Waals surface area contributed by atoms with E-state index in [1.807, 2.05) is 24.3 Å². The van der Waals surface area contributed by atoms with Gasteiger partial charge in [0.05, 0.1) is 12.3 Å². The summed E-state index contributed by atoms with van der Waals surface area (Å²) in [6.45, 7) is 2.79. The highest BCUT2D eigenvalue weighted by Crippen LogP contribution is 2.24. The molecule has 1 aromatic rings. The van der Waals surface area contributed by atoms with Crippen LogP contribution in [0.1, 0.15) is 90.4 Å². The largest absolute Gasteiger partial charge is 0.491 e. The highest BCUT2D eigenvalue weighted by molar-refractivity contribution is 5.92. The molecule has 28 heavy (non-hydrogen) atoms. The average Bonchev–Trinajstić information content (AvgIpc) is 2.67. The maximum Gasteiger partial charge on any atom is 0.303 e. The van der Waals surface area contributed by atoms with Gasteiger partial charge in [-0.2, -0.15) is 0 Å². The number of benzene rings is 1. The highest BCUT2D eigenvalue weighted by Gasteiger charge is 2.07. The van der Waals surface area contributed by atoms with Crippen LogP contribution in [0.3, 0.4) is 0 Å². The number of carbonyl (C=O) groups is 2. The lowest BCUT2D eigenvalue weighted by Gasteiger charge is -2.12. The number of carboxylic acid groups (broad SMARTS) is 1. The normalized spacial score (nSPS) is 10.6. The molecule has 0 spiro atoms. The van der Waals surface area contributed by atoms with Crippen molar-refractivity contribution in [3.05, 3.63) is 24.3 Å². The molecule has 0 aromatic heterocycles. The number of aliphatic carboxylic acids is 1. The first-order chi connectivity index (χ1) is 13.6. The van der Waals surface area contributed by atoms with Gasteiger partial charge in [0, 0.05) is 12.8 Å². The van der Waals surface area contributed by atoms with Crippen LogP contribution in [0.25, 0.3) is 0 Å². The molecule has 5 nitrogen and oxygen atoms in total. The van der Waals surface area contributed by atoms with E-state index in [2.05, 4.69) is 12.2 Å². The van der Waals surface area contributed by atoms with Crippen LogP contribution in [-0.4, -0.2) is 23.6 Å². The molecule has 1 amide bonds. The SMILES string of the molecule is CCCCOc1ccccc1NC(=O)CCCCCCCCCCCC(=O)O. The summed E-state index contributed by atoms with van der Waals surface area (Å²) in [6, 6.07) is 7.61. The van der Waals surface area contributed by atoms with Crippen molar-refractivity contribution in [2.75, 3.05) is 11.9 Å². The van der Waals surface area contributed by atoms with Crippen molar-refractivity contribution in [2.24, 2.45) is 0 Å². The predicted octanol–water partition coefficient (Wildman–Crippen LogP) is 6.18. The van der Waals surface area contributed by atoms with Crippen LogP contribution >= 0.6 is 0 Å². The molecule has 1 aromatic carbocycles. The van der Waals surface area contributed by atoms with E-state index in [0.717, 1.165) is 62.8 Å². The standard InChI is InChI=1S/C23H37NO4/c1-2-3-19-28-21-16-14-13-15-20(21)24-22(25)17-11-9-7-5-4-6-8-10-12-18-23(26)27/h13-16H,2-12,17-19H2,1H3,(H,24,25)(H,26,27). The third-order valence-electron chi connectivity index (χ3n) is 4.71. The number of carbonyl (C=O) groups excluding carboxylic acids is 1. The molecule has 0 radical (unpaired) electrons. The number of nitrogens with one attached hydrogen (secondary N) is 1. The Labute approximate surface area is 169 Å². The summed E-state index contributed by atoms with van der Waals surface area (Å²) in [6.07, 6.45) is 12.5. The molecule has 0 aliphatic heterocycles. The number of para-hydroxylation sites is 2. The van der Waals surface area contributed by atoms with Gasteiger partial charge >= 0.3 is 5.97 Å². The molecule has 0 saturated heterocycles. The van der Waals surface area contributed by atoms with Crippen LogP contribution in [0.4, 0.5) is 5.69 Å². The summed E-state index contributed by atoms with van der Waals surface area (Å²) in [7, 11) is 0. The molecule has 158 valence electrons. The molecule has 0 fully saturated rings. The molecule has 0 aliphatic carbocycles. The number of hydrogen-bond donors (Lipinski definition) is 2. The first kappa shape index (κ1) is 24.0. The molecule has 0 aliphatic rings. The first-order valence-corrected chi connectivity index (χ1v) is 10.9. The van der Waals surface area contributed by atoms with E-state index in [1.54, 1.807) is 0 Å². The van der Waals surface area contributed by atoms with Crippen molar-refractivity contribution in [1.82, 2.24) is 0 Å². The van der Waals surface area contributed by atoms with Gasteiger partial charge in [-0.15, -0.1) is 0 Å². The van der Waals surface area contributed by atoms with Crippen molar-refractivity contribution in [3.63, 3.8) is 0 Å². The van der Waals surface area contributed by atoms with Gasteiger partial charge in [-0.3, -0.25) is 9.59 Å². The van der Waals surface area contributed by atoms with Crippen molar-refractivity contribution in [1.29, 1.82) is 0 Å². The summed E-state index contributed by atoms with van der Waals surface area (Å²) in [5, 5.41) is 11.6. The molecule has 0 unspecified atom stereocenters. The second kappa shape index (κ2) is 16.0. The minimum Gasteiger partial charge on any atom is -0.491 e. The fourth-order valence-corrected chi connectivity index (χ4v) is 3.03. The number of amides is 1. The van der Waals surface area contributed by atoms with Gasteiger partial charge in [0.1, 0.15) is 5.75 Å². The van der Waals surface area contributed by atoms with Gasteiger partial charge in [0.15, 0.2) is 0 Å². The van der Waals surface area contributed by atoms with Crippen molar-refractivity contribution < 1.29 is 19.4 Å². The van der Waals surface area contributed by atoms with Crippen molar-refractivity contribution in [3.8, 4) is 5.75 Å². The van der Waals surface area contributed by atoms with Gasteiger partial charge in [-0.25, -0.2) is 0 Å². The van der Waals surface area contributed by atoms with Crippen LogP contribution in [-0.2, 0) is 9.59 Å². The molecule has 1 rings (SSSR count). The molecular formula is C23H37NO4. The summed E-state index contributed by atoms with van der Waals surface area (Å²) in [5.41, 5.74) is 0.756. The van der Waals surface area contributed by atoms with E-state index in [4.69, 9.17) is 9.84 Å². The molecule has 0 bridgehead atoms. The molecule has 0 heterocycles. The Morgan fingerprint density at radius 1 is 0.857 bits per heavy atom. The number of carboxylic acids is 1. The zero-order valence-electron chi connectivity index (χ0n) is 17.4. The van der Waals surface area contributed by atoms with E-state index in [0.29, 0.717) is 13.0 Å². The summed E-state index contributed by atoms with van der Waals surface area (Å²) >= 11 is 0. The Hall–Kier alpha value is -2.04. The summed E-state index contributed by atoms with van der Waals surface area (Å²) in [4.78, 5) is 22.6. The lowest BCUT2D eigenvalue weighted by Crippen LogP contribution is -2.12. The van der Waals surface area contributed by atoms with Crippen LogP contribution < -0.4 is 10.1 Å². The Morgan fingerprint density at radius 2 is 1.43 bits per heavy atom. The van der Waals surface area contributed by atoms with E-state index in [9.17, 15) is 9.59 Å². The molecule has 0 saturated carbocycles. The third-order valence-corrected chi connectivity index (χ3v) is 4.71. The van der Waals surface area contributed by atoms with Crippen LogP contribution in [0.15, 0.2) is 24.3 Å². The second-order valence-corrected chi connectivity index (χ2v) is 7.32.